The maximum atomic E-state index is 12.9. The first-order valence-corrected chi connectivity index (χ1v) is 12.0. The zero-order chi connectivity index (χ0) is 26.7. The topological polar surface area (TPSA) is 100 Å². The minimum absolute atomic E-state index is 0.0376. The Hall–Kier alpha value is -3.96. The Morgan fingerprint density at radius 2 is 1.86 bits per heavy atom. The second-order valence-corrected chi connectivity index (χ2v) is 8.83. The maximum Gasteiger partial charge on any atom is 0.433 e. The summed E-state index contributed by atoms with van der Waals surface area (Å²) in [5.41, 5.74) is -0.612. The highest BCUT2D eigenvalue weighted by molar-refractivity contribution is 6.03. The predicted octanol–water partition coefficient (Wildman–Crippen LogP) is 3.56. The number of nitrogens with zero attached hydrogens (tertiary/aromatic N) is 5. The standard InChI is InChI=1S/C25H27F3N6O3/c1-3-18(4-2)34-11-10-32(14-23(34)36)22(35)15-33-13-16-12-17(8-9-19(16)31-33)29-24(37)20-6-5-7-21(30-20)25(26,27)28/h5-9,12-13,18H,3-4,10-11,14-15H2,1-2H3,(H,29,37). The molecule has 1 N–H and O–H groups in total. The number of anilines is 1. The minimum Gasteiger partial charge on any atom is -0.336 e. The van der Waals surface area contributed by atoms with Gasteiger partial charge in [0.25, 0.3) is 5.91 Å². The molecule has 1 saturated heterocycles. The number of hydrogen-bond donors (Lipinski definition) is 1. The van der Waals surface area contributed by atoms with E-state index < -0.39 is 17.8 Å². The van der Waals surface area contributed by atoms with Gasteiger partial charge in [-0.15, -0.1) is 0 Å². The quantitative estimate of drug-likeness (QED) is 0.518. The first-order chi connectivity index (χ1) is 17.6. The van der Waals surface area contributed by atoms with Gasteiger partial charge >= 0.3 is 6.18 Å². The van der Waals surface area contributed by atoms with Crippen LogP contribution in [-0.4, -0.2) is 68.0 Å². The third-order valence-electron chi connectivity index (χ3n) is 6.37. The first-order valence-electron chi connectivity index (χ1n) is 12.0. The molecule has 0 atom stereocenters. The summed E-state index contributed by atoms with van der Waals surface area (Å²) in [7, 11) is 0. The fourth-order valence-electron chi connectivity index (χ4n) is 4.40. The zero-order valence-electron chi connectivity index (χ0n) is 20.5. The van der Waals surface area contributed by atoms with Crippen molar-refractivity contribution in [2.75, 3.05) is 25.0 Å². The van der Waals surface area contributed by atoms with Crippen molar-refractivity contribution < 1.29 is 27.6 Å². The van der Waals surface area contributed by atoms with Crippen LogP contribution in [0.5, 0.6) is 0 Å². The molecule has 3 amide bonds. The van der Waals surface area contributed by atoms with Gasteiger partial charge in [0.15, 0.2) is 0 Å². The van der Waals surface area contributed by atoms with Gasteiger partial charge in [0.1, 0.15) is 17.9 Å². The molecule has 1 aliphatic heterocycles. The highest BCUT2D eigenvalue weighted by Gasteiger charge is 2.33. The van der Waals surface area contributed by atoms with E-state index >= 15 is 0 Å². The van der Waals surface area contributed by atoms with Crippen molar-refractivity contribution in [2.24, 2.45) is 0 Å². The van der Waals surface area contributed by atoms with Gasteiger partial charge in [0.05, 0.1) is 12.1 Å². The number of pyridine rings is 1. The number of benzene rings is 1. The number of amides is 3. The van der Waals surface area contributed by atoms with Crippen molar-refractivity contribution in [2.45, 2.75) is 45.5 Å². The molecule has 1 aromatic carbocycles. The molecule has 0 aliphatic carbocycles. The number of piperazine rings is 1. The van der Waals surface area contributed by atoms with Crippen LogP contribution in [0.1, 0.15) is 42.9 Å². The van der Waals surface area contributed by atoms with Crippen LogP contribution in [0.15, 0.2) is 42.6 Å². The van der Waals surface area contributed by atoms with Crippen LogP contribution < -0.4 is 5.32 Å². The van der Waals surface area contributed by atoms with E-state index in [9.17, 15) is 27.6 Å². The second-order valence-electron chi connectivity index (χ2n) is 8.83. The van der Waals surface area contributed by atoms with Gasteiger partial charge in [-0.25, -0.2) is 4.98 Å². The number of rotatable bonds is 7. The van der Waals surface area contributed by atoms with Crippen molar-refractivity contribution in [3.63, 3.8) is 0 Å². The van der Waals surface area contributed by atoms with E-state index in [0.29, 0.717) is 29.7 Å². The molecular formula is C25H27F3N6O3. The number of carbonyl (C=O) groups is 3. The summed E-state index contributed by atoms with van der Waals surface area (Å²) >= 11 is 0. The molecular weight excluding hydrogens is 489 g/mol. The van der Waals surface area contributed by atoms with Crippen molar-refractivity contribution in [3.05, 3.63) is 54.0 Å². The normalized spacial score (nSPS) is 14.5. The monoisotopic (exact) mass is 516 g/mol. The zero-order valence-corrected chi connectivity index (χ0v) is 20.5. The Morgan fingerprint density at radius 3 is 2.54 bits per heavy atom. The summed E-state index contributed by atoms with van der Waals surface area (Å²) in [6.45, 7) is 5.03. The van der Waals surface area contributed by atoms with E-state index in [2.05, 4.69) is 15.4 Å². The fourth-order valence-corrected chi connectivity index (χ4v) is 4.40. The molecule has 37 heavy (non-hydrogen) atoms. The minimum atomic E-state index is -4.66. The van der Waals surface area contributed by atoms with E-state index in [-0.39, 0.29) is 36.6 Å². The molecule has 4 rings (SSSR count). The lowest BCUT2D eigenvalue weighted by atomic mass is 10.1. The number of alkyl halides is 3. The Bertz CT molecular complexity index is 1320. The van der Waals surface area contributed by atoms with Gasteiger partial charge in [-0.2, -0.15) is 18.3 Å². The first kappa shape index (κ1) is 26.1. The molecule has 196 valence electrons. The number of halogens is 3. The SMILES string of the molecule is CCC(CC)N1CCN(C(=O)Cn2cc3cc(NC(=O)c4cccc(C(F)(F)F)n4)ccc3n2)CC1=O. The smallest absolute Gasteiger partial charge is 0.336 e. The lowest BCUT2D eigenvalue weighted by Gasteiger charge is -2.38. The van der Waals surface area contributed by atoms with Gasteiger partial charge in [0, 0.05) is 36.4 Å². The summed E-state index contributed by atoms with van der Waals surface area (Å²) in [6.07, 6.45) is -1.28. The molecule has 0 saturated carbocycles. The highest BCUT2D eigenvalue weighted by Crippen LogP contribution is 2.27. The lowest BCUT2D eigenvalue weighted by Crippen LogP contribution is -2.55. The molecule has 0 spiro atoms. The average molecular weight is 517 g/mol. The summed E-state index contributed by atoms with van der Waals surface area (Å²) in [4.78, 5) is 44.6. The summed E-state index contributed by atoms with van der Waals surface area (Å²) < 4.78 is 40.1. The van der Waals surface area contributed by atoms with Crippen LogP contribution in [0.25, 0.3) is 10.9 Å². The van der Waals surface area contributed by atoms with Crippen LogP contribution in [-0.2, 0) is 22.3 Å². The molecule has 1 fully saturated rings. The van der Waals surface area contributed by atoms with Crippen LogP contribution in [0.4, 0.5) is 18.9 Å². The van der Waals surface area contributed by atoms with Gasteiger partial charge in [0.2, 0.25) is 11.8 Å². The summed E-state index contributed by atoms with van der Waals surface area (Å²) in [5, 5.41) is 7.53. The maximum absolute atomic E-state index is 12.9. The van der Waals surface area contributed by atoms with Gasteiger partial charge in [-0.3, -0.25) is 19.1 Å². The third kappa shape index (κ3) is 5.89. The Morgan fingerprint density at radius 1 is 1.11 bits per heavy atom. The number of aromatic nitrogens is 3. The van der Waals surface area contributed by atoms with E-state index in [1.807, 2.05) is 18.7 Å². The second kappa shape index (κ2) is 10.6. The van der Waals surface area contributed by atoms with Crippen LogP contribution in [0.3, 0.4) is 0 Å². The number of fused-ring (bicyclic) bond motifs is 1. The van der Waals surface area contributed by atoms with Gasteiger partial charge in [-0.05, 0) is 43.2 Å². The van der Waals surface area contributed by atoms with Gasteiger partial charge < -0.3 is 15.1 Å². The molecule has 2 aromatic heterocycles. The molecule has 3 heterocycles. The molecule has 0 bridgehead atoms. The molecule has 1 aliphatic rings. The lowest BCUT2D eigenvalue weighted by molar-refractivity contribution is -0.147. The molecule has 0 radical (unpaired) electrons. The van der Waals surface area contributed by atoms with E-state index in [4.69, 9.17) is 0 Å². The van der Waals surface area contributed by atoms with Crippen LogP contribution in [0.2, 0.25) is 0 Å². The van der Waals surface area contributed by atoms with Crippen molar-refractivity contribution in [1.82, 2.24) is 24.6 Å². The molecule has 0 unspecified atom stereocenters. The van der Waals surface area contributed by atoms with Crippen molar-refractivity contribution in [1.29, 1.82) is 0 Å². The number of nitrogens with one attached hydrogen (secondary N) is 1. The van der Waals surface area contributed by atoms with Crippen LogP contribution in [0, 0.1) is 0 Å². The Labute approximate surface area is 211 Å². The Balaban J connectivity index is 1.41. The van der Waals surface area contributed by atoms with E-state index in [0.717, 1.165) is 25.0 Å². The van der Waals surface area contributed by atoms with E-state index in [1.54, 1.807) is 24.4 Å². The average Bonchev–Trinajstić information content (AvgIpc) is 3.26. The third-order valence-corrected chi connectivity index (χ3v) is 6.37. The largest absolute Gasteiger partial charge is 0.433 e. The number of carbonyl (C=O) groups excluding carboxylic acids is 3. The fraction of sp³-hybridized carbons (Fsp3) is 0.400. The highest BCUT2D eigenvalue weighted by atomic mass is 19.4. The van der Waals surface area contributed by atoms with Crippen LogP contribution >= 0.6 is 0 Å². The van der Waals surface area contributed by atoms with Crippen molar-refractivity contribution in [3.8, 4) is 0 Å². The van der Waals surface area contributed by atoms with Crippen molar-refractivity contribution >= 4 is 34.3 Å². The molecule has 12 heteroatoms. The summed E-state index contributed by atoms with van der Waals surface area (Å²) in [6, 6.07) is 8.08. The van der Waals surface area contributed by atoms with E-state index in [1.165, 1.54) is 15.6 Å². The summed E-state index contributed by atoms with van der Waals surface area (Å²) in [5.74, 6) is -1.07. The van der Waals surface area contributed by atoms with Gasteiger partial charge in [-0.1, -0.05) is 19.9 Å². The number of hydrogen-bond acceptors (Lipinski definition) is 5. The molecule has 3 aromatic rings. The Kier molecular flexibility index (Phi) is 7.46. The molecule has 9 nitrogen and oxygen atoms in total. The predicted molar refractivity (Wildman–Crippen MR) is 130 cm³/mol.